The molecule has 4 heterocycles. The molecule has 0 atom stereocenters. The normalized spacial score (nSPS) is 25.4. The van der Waals surface area contributed by atoms with E-state index in [1.54, 1.807) is 12.1 Å². The van der Waals surface area contributed by atoms with Gasteiger partial charge in [0.25, 0.3) is 0 Å². The molecule has 11 heteroatoms. The number of thioether (sulfide) groups is 1. The van der Waals surface area contributed by atoms with Gasteiger partial charge in [0, 0.05) is 41.8 Å². The number of hydrogen-bond acceptors (Lipinski definition) is 8. The molecule has 3 N–H and O–H groups in total. The van der Waals surface area contributed by atoms with Gasteiger partial charge in [0.15, 0.2) is 0 Å². The van der Waals surface area contributed by atoms with Crippen molar-refractivity contribution in [2.24, 2.45) is 11.8 Å². The van der Waals surface area contributed by atoms with Crippen molar-refractivity contribution in [3.05, 3.63) is 45.4 Å². The van der Waals surface area contributed by atoms with Gasteiger partial charge in [-0.1, -0.05) is 0 Å². The lowest BCUT2D eigenvalue weighted by Gasteiger charge is -2.30. The van der Waals surface area contributed by atoms with E-state index in [0.29, 0.717) is 61.6 Å². The zero-order chi connectivity index (χ0) is 25.6. The molecule has 4 aliphatic rings. The van der Waals surface area contributed by atoms with E-state index in [-0.39, 0.29) is 28.7 Å². The van der Waals surface area contributed by atoms with Crippen LogP contribution in [-0.4, -0.2) is 74.6 Å². The summed E-state index contributed by atoms with van der Waals surface area (Å²) < 4.78 is 2.07. The van der Waals surface area contributed by atoms with E-state index in [1.807, 2.05) is 12.1 Å². The fourth-order valence-corrected chi connectivity index (χ4v) is 7.18. The fourth-order valence-electron chi connectivity index (χ4n) is 4.98. The number of nitrogens with zero attached hydrogens (tertiary/aromatic N) is 2. The van der Waals surface area contributed by atoms with Gasteiger partial charge >= 0.3 is 11.9 Å². The third-order valence-corrected chi connectivity index (χ3v) is 9.45. The summed E-state index contributed by atoms with van der Waals surface area (Å²) in [7, 11) is 0. The molecule has 0 bridgehead atoms. The Morgan fingerprint density at radius 3 is 2.14 bits per heavy atom. The Balaban J connectivity index is 1.36. The van der Waals surface area contributed by atoms with E-state index >= 15 is 0 Å². The van der Waals surface area contributed by atoms with Gasteiger partial charge in [-0.25, -0.2) is 4.58 Å². The second kappa shape index (κ2) is 9.70. The van der Waals surface area contributed by atoms with Crippen LogP contribution in [0.3, 0.4) is 0 Å². The van der Waals surface area contributed by atoms with E-state index in [9.17, 15) is 34.5 Å². The van der Waals surface area contributed by atoms with Crippen LogP contribution in [-0.2, 0) is 19.2 Å². The first kappa shape index (κ1) is 24.5. The summed E-state index contributed by atoms with van der Waals surface area (Å²) in [5, 5.41) is 31.1. The maximum Gasteiger partial charge on any atom is 0.306 e. The first-order valence-electron chi connectivity index (χ1n) is 11.8. The summed E-state index contributed by atoms with van der Waals surface area (Å²) in [6, 6.07) is 3.55. The molecule has 0 unspecified atom stereocenters. The Morgan fingerprint density at radius 1 is 0.889 bits per heavy atom. The average molecular weight is 530 g/mol. The standard InChI is InChI=1S/C25H24N2O7S2/c28-21-19(15-1-3-17(35-15)26-9-5-13(6-10-26)24(31)32)22(29)23(30)20(21)16-2-4-18(36-16)27-11-7-14(8-12-27)25(33)34/h1-4,13-14H,5-12H2,(H2-,28,29,30,31,32,33,34)/p+1. The number of carboxylic acid groups (broad SMARTS) is 2. The Kier molecular flexibility index (Phi) is 6.60. The van der Waals surface area contributed by atoms with Crippen LogP contribution in [0.25, 0.3) is 5.57 Å². The van der Waals surface area contributed by atoms with Crippen LogP contribution < -0.4 is 4.90 Å². The molecule has 9 nitrogen and oxygen atoms in total. The maximum atomic E-state index is 12.9. The highest BCUT2D eigenvalue weighted by molar-refractivity contribution is 8.18. The number of aliphatic carboxylic acids is 2. The molecular formula is C25H25N2O7S2+. The monoisotopic (exact) mass is 529 g/mol. The van der Waals surface area contributed by atoms with Crippen LogP contribution in [0.15, 0.2) is 40.5 Å². The van der Waals surface area contributed by atoms with Gasteiger partial charge < -0.3 is 20.2 Å². The number of hydrogen-bond donors (Lipinski definition) is 3. The summed E-state index contributed by atoms with van der Waals surface area (Å²) in [6.07, 6.45) is 5.72. The number of aliphatic hydroxyl groups is 1. The predicted octanol–water partition coefficient (Wildman–Crippen LogP) is 2.93. The first-order chi connectivity index (χ1) is 17.2. The van der Waals surface area contributed by atoms with Crippen LogP contribution in [0, 0.1) is 11.8 Å². The zero-order valence-corrected chi connectivity index (χ0v) is 20.9. The smallest absolute Gasteiger partial charge is 0.306 e. The Labute approximate surface area is 215 Å². The fraction of sp³-hybridized carbons (Fsp3) is 0.400. The number of carbonyl (C=O) groups is 4. The number of rotatable bonds is 4. The molecule has 0 amide bonds. The Hall–Kier alpha value is -3.18. The number of aliphatic hydroxyl groups excluding tert-OH is 1. The van der Waals surface area contributed by atoms with E-state index in [1.165, 1.54) is 23.1 Å². The third-order valence-electron chi connectivity index (χ3n) is 7.12. The van der Waals surface area contributed by atoms with Gasteiger partial charge in [-0.05, 0) is 42.8 Å². The predicted molar refractivity (Wildman–Crippen MR) is 136 cm³/mol. The van der Waals surface area contributed by atoms with Crippen molar-refractivity contribution in [3.63, 3.8) is 0 Å². The molecule has 1 aromatic rings. The summed E-state index contributed by atoms with van der Waals surface area (Å²) in [5.74, 6) is -4.06. The molecule has 2 saturated heterocycles. The number of carboxylic acids is 2. The molecule has 3 aliphatic heterocycles. The maximum absolute atomic E-state index is 12.9. The minimum Gasteiger partial charge on any atom is -0.506 e. The van der Waals surface area contributed by atoms with Gasteiger partial charge in [-0.15, -0.1) is 11.3 Å². The molecule has 0 aromatic carbocycles. The van der Waals surface area contributed by atoms with Gasteiger partial charge in [0.05, 0.1) is 28.0 Å². The minimum absolute atomic E-state index is 0.00361. The van der Waals surface area contributed by atoms with Crippen molar-refractivity contribution in [1.29, 1.82) is 0 Å². The molecule has 1 aromatic heterocycles. The lowest BCUT2D eigenvalue weighted by molar-refractivity contribution is -0.536. The molecular weight excluding hydrogens is 504 g/mol. The highest BCUT2D eigenvalue weighted by Gasteiger charge is 2.41. The van der Waals surface area contributed by atoms with Crippen LogP contribution in [0.5, 0.6) is 0 Å². The summed E-state index contributed by atoms with van der Waals surface area (Å²) in [6.45, 7) is 2.36. The van der Waals surface area contributed by atoms with Gasteiger partial charge in [0.1, 0.15) is 18.8 Å². The number of carbonyl (C=O) groups excluding carboxylic acids is 2. The molecule has 5 rings (SSSR count). The zero-order valence-electron chi connectivity index (χ0n) is 19.3. The molecule has 0 saturated carbocycles. The number of piperidine rings is 2. The van der Waals surface area contributed by atoms with Crippen molar-refractivity contribution in [3.8, 4) is 0 Å². The second-order valence-electron chi connectivity index (χ2n) is 9.23. The van der Waals surface area contributed by atoms with E-state index in [2.05, 4.69) is 9.48 Å². The highest BCUT2D eigenvalue weighted by atomic mass is 32.2. The van der Waals surface area contributed by atoms with E-state index < -0.39 is 23.5 Å². The number of thiophene rings is 1. The van der Waals surface area contributed by atoms with Gasteiger partial charge in [-0.3, -0.25) is 19.2 Å². The van der Waals surface area contributed by atoms with Crippen molar-refractivity contribution < 1.29 is 39.1 Å². The number of ketones is 2. The second-order valence-corrected chi connectivity index (χ2v) is 11.4. The summed E-state index contributed by atoms with van der Waals surface area (Å²) >= 11 is 2.61. The number of allylic oxidation sites excluding steroid dienone is 3. The highest BCUT2D eigenvalue weighted by Crippen LogP contribution is 2.42. The largest absolute Gasteiger partial charge is 0.506 e. The molecule has 1 aliphatic carbocycles. The third kappa shape index (κ3) is 4.41. The quantitative estimate of drug-likeness (QED) is 0.306. The van der Waals surface area contributed by atoms with Crippen molar-refractivity contribution in [2.75, 3.05) is 31.1 Å². The Bertz CT molecular complexity index is 1280. The van der Waals surface area contributed by atoms with Gasteiger partial charge in [0.2, 0.25) is 16.6 Å². The van der Waals surface area contributed by atoms with Crippen LogP contribution in [0.2, 0.25) is 0 Å². The van der Waals surface area contributed by atoms with Crippen LogP contribution >= 0.6 is 23.1 Å². The molecule has 188 valence electrons. The lowest BCUT2D eigenvalue weighted by Crippen LogP contribution is -2.35. The van der Waals surface area contributed by atoms with Crippen molar-refractivity contribution in [1.82, 2.24) is 0 Å². The lowest BCUT2D eigenvalue weighted by atomic mass is 9.97. The van der Waals surface area contributed by atoms with Gasteiger partial charge in [-0.2, -0.15) is 0 Å². The van der Waals surface area contributed by atoms with Crippen LogP contribution in [0.1, 0.15) is 30.6 Å². The Morgan fingerprint density at radius 2 is 1.50 bits per heavy atom. The molecule has 0 radical (unpaired) electrons. The molecule has 36 heavy (non-hydrogen) atoms. The summed E-state index contributed by atoms with van der Waals surface area (Å²) in [5.41, 5.74) is 0.00721. The van der Waals surface area contributed by atoms with Crippen LogP contribution in [0.4, 0.5) is 5.00 Å². The van der Waals surface area contributed by atoms with Crippen molar-refractivity contribution >= 4 is 62.2 Å². The molecule has 0 spiro atoms. The van der Waals surface area contributed by atoms with Crippen molar-refractivity contribution in [2.45, 2.75) is 25.7 Å². The molecule has 2 fully saturated rings. The minimum atomic E-state index is -0.781. The number of anilines is 1. The van der Waals surface area contributed by atoms with E-state index in [4.69, 9.17) is 0 Å². The topological polar surface area (TPSA) is 135 Å². The SMILES string of the molecule is O=C1C(=O)/C(=C2/C=CC(=[N+]3CCC(C(=O)O)CC3)S2)C(O)=C1c1ccc(N2CCC(C(=O)O)CC2)s1. The number of Topliss-reactive ketones (excluding diaryl/α,β-unsaturated/α-hetero) is 2. The average Bonchev–Trinajstić information content (AvgIpc) is 3.59. The summed E-state index contributed by atoms with van der Waals surface area (Å²) in [4.78, 5) is 51.3. The van der Waals surface area contributed by atoms with E-state index in [0.717, 1.165) is 10.0 Å². The first-order valence-corrected chi connectivity index (χ1v) is 13.4.